The molecule has 0 saturated heterocycles. The average molecular weight is 276 g/mol. The maximum atomic E-state index is 12.0. The van der Waals surface area contributed by atoms with Crippen molar-refractivity contribution in [2.45, 2.75) is 20.8 Å². The van der Waals surface area contributed by atoms with Crippen LogP contribution in [0.3, 0.4) is 0 Å². The monoisotopic (exact) mass is 276 g/mol. The molecule has 1 rings (SSSR count). The van der Waals surface area contributed by atoms with E-state index in [1.54, 1.807) is 24.3 Å². The first-order valence-corrected chi connectivity index (χ1v) is 7.31. The number of quaternary nitrogens is 1. The second-order valence-electron chi connectivity index (χ2n) is 4.97. The molecule has 0 atom stereocenters. The SMILES string of the molecule is C=Nc1ccc(C(=O)NCC[N+](CC)(CC)CC)cc1. The van der Waals surface area contributed by atoms with Crippen LogP contribution in [0.2, 0.25) is 0 Å². The molecule has 0 fully saturated rings. The van der Waals surface area contributed by atoms with Crippen molar-refractivity contribution < 1.29 is 9.28 Å². The zero-order valence-electron chi connectivity index (χ0n) is 12.9. The van der Waals surface area contributed by atoms with Gasteiger partial charge in [-0.3, -0.25) is 9.79 Å². The van der Waals surface area contributed by atoms with Crippen LogP contribution in [0.4, 0.5) is 5.69 Å². The number of carbonyl (C=O) groups is 1. The first-order valence-electron chi connectivity index (χ1n) is 7.31. The number of carbonyl (C=O) groups excluding carboxylic acids is 1. The Morgan fingerprint density at radius 3 is 2.15 bits per heavy atom. The van der Waals surface area contributed by atoms with Crippen LogP contribution in [-0.2, 0) is 0 Å². The van der Waals surface area contributed by atoms with Gasteiger partial charge < -0.3 is 9.80 Å². The van der Waals surface area contributed by atoms with Gasteiger partial charge in [0.2, 0.25) is 0 Å². The van der Waals surface area contributed by atoms with Crippen LogP contribution in [-0.4, -0.2) is 49.8 Å². The Morgan fingerprint density at radius 1 is 1.15 bits per heavy atom. The van der Waals surface area contributed by atoms with E-state index in [1.807, 2.05) is 0 Å². The van der Waals surface area contributed by atoms with Gasteiger partial charge in [0, 0.05) is 5.56 Å². The molecule has 20 heavy (non-hydrogen) atoms. The van der Waals surface area contributed by atoms with Gasteiger partial charge in [0.15, 0.2) is 0 Å². The highest BCUT2D eigenvalue weighted by atomic mass is 16.1. The molecule has 0 unspecified atom stereocenters. The standard InChI is InChI=1S/C16H25N3O/c1-5-19(6-2,7-3)13-12-18-16(20)14-8-10-15(17-4)11-9-14/h8-11H,4-7,12-13H2,1-3H3/p+1. The summed E-state index contributed by atoms with van der Waals surface area (Å²) >= 11 is 0. The molecule has 1 amide bonds. The third-order valence-corrected chi connectivity index (χ3v) is 4.20. The highest BCUT2D eigenvalue weighted by Crippen LogP contribution is 2.11. The van der Waals surface area contributed by atoms with E-state index in [2.05, 4.69) is 37.8 Å². The Bertz CT molecular complexity index is 427. The molecular weight excluding hydrogens is 250 g/mol. The molecule has 1 aromatic rings. The summed E-state index contributed by atoms with van der Waals surface area (Å²) in [5.41, 5.74) is 1.44. The smallest absolute Gasteiger partial charge is 0.251 e. The van der Waals surface area contributed by atoms with Crippen LogP contribution in [0.1, 0.15) is 31.1 Å². The Balaban J connectivity index is 2.52. The summed E-state index contributed by atoms with van der Waals surface area (Å²) in [6.45, 7) is 15.0. The van der Waals surface area contributed by atoms with Gasteiger partial charge in [-0.25, -0.2) is 0 Å². The average Bonchev–Trinajstić information content (AvgIpc) is 2.52. The van der Waals surface area contributed by atoms with Crippen LogP contribution < -0.4 is 5.32 Å². The van der Waals surface area contributed by atoms with Gasteiger partial charge in [-0.05, 0) is 51.8 Å². The molecule has 0 aliphatic heterocycles. The zero-order valence-corrected chi connectivity index (χ0v) is 12.9. The van der Waals surface area contributed by atoms with E-state index in [4.69, 9.17) is 0 Å². The van der Waals surface area contributed by atoms with Crippen LogP contribution in [0, 0.1) is 0 Å². The van der Waals surface area contributed by atoms with Crippen molar-refractivity contribution in [1.29, 1.82) is 0 Å². The van der Waals surface area contributed by atoms with Gasteiger partial charge in [-0.1, -0.05) is 0 Å². The van der Waals surface area contributed by atoms with E-state index in [0.717, 1.165) is 36.3 Å². The predicted octanol–water partition coefficient (Wildman–Crippen LogP) is 2.63. The van der Waals surface area contributed by atoms with Crippen molar-refractivity contribution in [2.75, 3.05) is 32.7 Å². The van der Waals surface area contributed by atoms with Crippen LogP contribution >= 0.6 is 0 Å². The van der Waals surface area contributed by atoms with E-state index in [1.165, 1.54) is 0 Å². The molecule has 1 aromatic carbocycles. The van der Waals surface area contributed by atoms with Crippen molar-refractivity contribution in [1.82, 2.24) is 5.32 Å². The highest BCUT2D eigenvalue weighted by molar-refractivity contribution is 5.94. The number of nitrogens with one attached hydrogen (secondary N) is 1. The van der Waals surface area contributed by atoms with Gasteiger partial charge in [0.25, 0.3) is 5.91 Å². The molecule has 0 heterocycles. The molecule has 0 spiro atoms. The molecule has 0 bridgehead atoms. The van der Waals surface area contributed by atoms with E-state index in [-0.39, 0.29) is 5.91 Å². The van der Waals surface area contributed by atoms with Crippen LogP contribution in [0.15, 0.2) is 29.3 Å². The molecule has 110 valence electrons. The van der Waals surface area contributed by atoms with Gasteiger partial charge >= 0.3 is 0 Å². The number of aliphatic imine (C=N–C) groups is 1. The highest BCUT2D eigenvalue weighted by Gasteiger charge is 2.20. The number of benzene rings is 1. The van der Waals surface area contributed by atoms with Crippen LogP contribution in [0.5, 0.6) is 0 Å². The molecule has 4 nitrogen and oxygen atoms in total. The van der Waals surface area contributed by atoms with Crippen molar-refractivity contribution in [3.05, 3.63) is 29.8 Å². The minimum Gasteiger partial charge on any atom is -0.346 e. The van der Waals surface area contributed by atoms with Gasteiger partial charge in [-0.2, -0.15) is 0 Å². The topological polar surface area (TPSA) is 41.5 Å². The minimum atomic E-state index is -0.0259. The van der Waals surface area contributed by atoms with Gasteiger partial charge in [0.05, 0.1) is 38.4 Å². The number of likely N-dealkylation sites (N-methyl/N-ethyl adjacent to an activating group) is 1. The lowest BCUT2D eigenvalue weighted by Crippen LogP contribution is -2.51. The molecule has 0 aliphatic rings. The third-order valence-electron chi connectivity index (χ3n) is 4.20. The summed E-state index contributed by atoms with van der Waals surface area (Å²) in [5, 5.41) is 2.99. The maximum Gasteiger partial charge on any atom is 0.251 e. The Hall–Kier alpha value is -1.68. The lowest BCUT2D eigenvalue weighted by molar-refractivity contribution is -0.922. The van der Waals surface area contributed by atoms with Crippen molar-refractivity contribution >= 4 is 18.3 Å². The van der Waals surface area contributed by atoms with Gasteiger partial charge in [-0.15, -0.1) is 0 Å². The number of hydrogen-bond donors (Lipinski definition) is 1. The quantitative estimate of drug-likeness (QED) is 0.575. The molecule has 1 N–H and O–H groups in total. The summed E-state index contributed by atoms with van der Waals surface area (Å²) in [5.74, 6) is -0.0259. The first-order chi connectivity index (χ1) is 9.60. The molecule has 0 saturated carbocycles. The van der Waals surface area contributed by atoms with Gasteiger partial charge in [0.1, 0.15) is 0 Å². The summed E-state index contributed by atoms with van der Waals surface area (Å²) < 4.78 is 1.04. The van der Waals surface area contributed by atoms with E-state index in [9.17, 15) is 4.79 Å². The normalized spacial score (nSPS) is 11.2. The summed E-state index contributed by atoms with van der Waals surface area (Å²) in [7, 11) is 0. The zero-order chi connectivity index (χ0) is 15.0. The van der Waals surface area contributed by atoms with Crippen molar-refractivity contribution in [3.63, 3.8) is 0 Å². The van der Waals surface area contributed by atoms with Crippen molar-refractivity contribution in [3.8, 4) is 0 Å². The van der Waals surface area contributed by atoms with Crippen molar-refractivity contribution in [2.24, 2.45) is 4.99 Å². The Morgan fingerprint density at radius 2 is 1.70 bits per heavy atom. The second-order valence-corrected chi connectivity index (χ2v) is 4.97. The number of rotatable bonds is 8. The molecule has 0 radical (unpaired) electrons. The Kier molecular flexibility index (Phi) is 6.39. The lowest BCUT2D eigenvalue weighted by atomic mass is 10.2. The predicted molar refractivity (Wildman–Crippen MR) is 84.7 cm³/mol. The molecule has 4 heteroatoms. The number of amides is 1. The lowest BCUT2D eigenvalue weighted by Gasteiger charge is -2.35. The maximum absolute atomic E-state index is 12.0. The fraction of sp³-hybridized carbons (Fsp3) is 0.500. The summed E-state index contributed by atoms with van der Waals surface area (Å²) in [6.07, 6.45) is 0. The Labute approximate surface area is 122 Å². The summed E-state index contributed by atoms with van der Waals surface area (Å²) in [4.78, 5) is 15.8. The van der Waals surface area contributed by atoms with E-state index >= 15 is 0 Å². The van der Waals surface area contributed by atoms with Crippen LogP contribution in [0.25, 0.3) is 0 Å². The molecular formula is C16H26N3O+. The fourth-order valence-electron chi connectivity index (χ4n) is 2.37. The number of nitrogens with zero attached hydrogens (tertiary/aromatic N) is 2. The third kappa shape index (κ3) is 4.17. The van der Waals surface area contributed by atoms with E-state index < -0.39 is 0 Å². The fourth-order valence-corrected chi connectivity index (χ4v) is 2.37. The molecule has 0 aliphatic carbocycles. The molecule has 0 aromatic heterocycles. The van der Waals surface area contributed by atoms with E-state index in [0.29, 0.717) is 12.1 Å². The summed E-state index contributed by atoms with van der Waals surface area (Å²) in [6, 6.07) is 7.15. The first kappa shape index (κ1) is 16.4. The largest absolute Gasteiger partial charge is 0.346 e. The second kappa shape index (κ2) is 7.80. The number of hydrogen-bond acceptors (Lipinski definition) is 2. The minimum absolute atomic E-state index is 0.0259.